The molecule has 19 heavy (non-hydrogen) atoms. The van der Waals surface area contributed by atoms with Gasteiger partial charge >= 0.3 is 0 Å². The van der Waals surface area contributed by atoms with E-state index in [2.05, 4.69) is 38.0 Å². The lowest BCUT2D eigenvalue weighted by Crippen LogP contribution is -2.16. The van der Waals surface area contributed by atoms with Gasteiger partial charge in [-0.1, -0.05) is 69.2 Å². The van der Waals surface area contributed by atoms with Crippen LogP contribution >= 0.6 is 0 Å². The van der Waals surface area contributed by atoms with Gasteiger partial charge in [0.15, 0.2) is 0 Å². The maximum atomic E-state index is 14.5. The van der Waals surface area contributed by atoms with E-state index in [0.717, 1.165) is 19.3 Å². The van der Waals surface area contributed by atoms with Crippen LogP contribution in [0.5, 0.6) is 0 Å². The standard InChI is InChI=1S/C17H23FSi/c1-5-6-10-16(13-14-19(2,3)4)17(18)15-11-8-7-9-12-15/h7-9,11-12H,5-6,10H2,1-4H3/b17-16-. The van der Waals surface area contributed by atoms with Crippen LogP contribution in [0.25, 0.3) is 5.83 Å². The molecule has 0 atom stereocenters. The lowest BCUT2D eigenvalue weighted by molar-refractivity contribution is 0.731. The average Bonchev–Trinajstić information content (AvgIpc) is 2.38. The first-order valence-electron chi connectivity index (χ1n) is 6.91. The quantitative estimate of drug-likeness (QED) is 0.506. The zero-order chi connectivity index (χ0) is 14.3. The number of hydrogen-bond donors (Lipinski definition) is 0. The van der Waals surface area contributed by atoms with Crippen LogP contribution in [-0.2, 0) is 0 Å². The van der Waals surface area contributed by atoms with Crippen molar-refractivity contribution in [2.75, 3.05) is 0 Å². The second-order valence-corrected chi connectivity index (χ2v) is 10.5. The van der Waals surface area contributed by atoms with E-state index in [1.165, 1.54) is 0 Å². The van der Waals surface area contributed by atoms with Gasteiger partial charge in [0.05, 0.1) is 0 Å². The predicted octanol–water partition coefficient (Wildman–Crippen LogP) is 5.44. The van der Waals surface area contributed by atoms with Gasteiger partial charge in [0, 0.05) is 11.1 Å². The Morgan fingerprint density at radius 3 is 2.32 bits per heavy atom. The van der Waals surface area contributed by atoms with Gasteiger partial charge in [0.1, 0.15) is 13.9 Å². The molecule has 1 rings (SSSR count). The van der Waals surface area contributed by atoms with Crippen molar-refractivity contribution in [2.24, 2.45) is 0 Å². The van der Waals surface area contributed by atoms with Gasteiger partial charge in [-0.25, -0.2) is 4.39 Å². The van der Waals surface area contributed by atoms with Crippen LogP contribution in [0.3, 0.4) is 0 Å². The topological polar surface area (TPSA) is 0 Å². The van der Waals surface area contributed by atoms with Crippen molar-refractivity contribution in [1.29, 1.82) is 0 Å². The maximum absolute atomic E-state index is 14.5. The summed E-state index contributed by atoms with van der Waals surface area (Å²) in [6, 6.07) is 9.22. The minimum atomic E-state index is -1.47. The summed E-state index contributed by atoms with van der Waals surface area (Å²) >= 11 is 0. The lowest BCUT2D eigenvalue weighted by Gasteiger charge is -2.07. The summed E-state index contributed by atoms with van der Waals surface area (Å²) in [5.41, 5.74) is 4.57. The minimum absolute atomic E-state index is 0.153. The van der Waals surface area contributed by atoms with E-state index >= 15 is 0 Å². The van der Waals surface area contributed by atoms with Crippen LogP contribution in [0, 0.1) is 11.5 Å². The molecule has 1 aromatic carbocycles. The van der Waals surface area contributed by atoms with E-state index in [1.54, 1.807) is 12.1 Å². The molecule has 0 spiro atoms. The Morgan fingerprint density at radius 2 is 1.79 bits per heavy atom. The van der Waals surface area contributed by atoms with Gasteiger partial charge in [-0.15, -0.1) is 5.54 Å². The largest absolute Gasteiger partial charge is 0.205 e. The first kappa shape index (κ1) is 15.7. The van der Waals surface area contributed by atoms with Crippen LogP contribution < -0.4 is 0 Å². The molecule has 0 saturated carbocycles. The highest BCUT2D eigenvalue weighted by molar-refractivity contribution is 6.83. The summed E-state index contributed by atoms with van der Waals surface area (Å²) < 4.78 is 14.5. The smallest absolute Gasteiger partial charge is 0.141 e. The molecule has 0 aliphatic heterocycles. The highest BCUT2D eigenvalue weighted by atomic mass is 28.3. The molecule has 1 aromatic rings. The highest BCUT2D eigenvalue weighted by Gasteiger charge is 2.10. The number of hydrogen-bond acceptors (Lipinski definition) is 0. The number of allylic oxidation sites excluding steroid dienone is 1. The summed E-state index contributed by atoms with van der Waals surface area (Å²) in [6.45, 7) is 8.65. The molecule has 0 nitrogen and oxygen atoms in total. The predicted molar refractivity (Wildman–Crippen MR) is 85.1 cm³/mol. The van der Waals surface area contributed by atoms with Gasteiger partial charge in [-0.3, -0.25) is 0 Å². The Balaban J connectivity index is 3.10. The second-order valence-electron chi connectivity index (χ2n) is 5.76. The molecule has 0 aliphatic rings. The Bertz CT molecular complexity index is 483. The molecule has 0 fully saturated rings. The van der Waals surface area contributed by atoms with Crippen LogP contribution in [-0.4, -0.2) is 8.07 Å². The molecule has 0 amide bonds. The van der Waals surface area contributed by atoms with E-state index in [1.807, 2.05) is 18.2 Å². The normalized spacial score (nSPS) is 12.5. The van der Waals surface area contributed by atoms with Gasteiger partial charge in [-0.05, 0) is 12.8 Å². The van der Waals surface area contributed by atoms with E-state index in [4.69, 9.17) is 0 Å². The molecular formula is C17H23FSi. The number of halogens is 1. The summed E-state index contributed by atoms with van der Waals surface area (Å²) in [4.78, 5) is 0. The summed E-state index contributed by atoms with van der Waals surface area (Å²) in [5, 5.41) is 0. The Labute approximate surface area is 117 Å². The van der Waals surface area contributed by atoms with E-state index in [-0.39, 0.29) is 5.83 Å². The van der Waals surface area contributed by atoms with Gasteiger partial charge in [-0.2, -0.15) is 0 Å². The van der Waals surface area contributed by atoms with E-state index < -0.39 is 8.07 Å². The highest BCUT2D eigenvalue weighted by Crippen LogP contribution is 2.23. The zero-order valence-electron chi connectivity index (χ0n) is 12.4. The first-order chi connectivity index (χ1) is 8.94. The zero-order valence-corrected chi connectivity index (χ0v) is 13.4. The van der Waals surface area contributed by atoms with Crippen molar-refractivity contribution in [3.05, 3.63) is 41.5 Å². The fraction of sp³-hybridized carbons (Fsp3) is 0.412. The molecule has 0 N–H and O–H groups in total. The molecule has 0 unspecified atom stereocenters. The third kappa shape index (κ3) is 5.89. The summed E-state index contributed by atoms with van der Waals surface area (Å²) in [5.74, 6) is 2.96. The number of rotatable bonds is 4. The molecule has 0 saturated heterocycles. The van der Waals surface area contributed by atoms with Crippen molar-refractivity contribution < 1.29 is 4.39 Å². The van der Waals surface area contributed by atoms with Crippen molar-refractivity contribution in [3.63, 3.8) is 0 Å². The average molecular weight is 274 g/mol. The SMILES string of the molecule is CCCC/C(C#C[Si](C)(C)C)=C(/F)c1ccccc1. The van der Waals surface area contributed by atoms with E-state index in [0.29, 0.717) is 11.1 Å². The van der Waals surface area contributed by atoms with Crippen LogP contribution in [0.4, 0.5) is 4.39 Å². The van der Waals surface area contributed by atoms with Crippen molar-refractivity contribution in [1.82, 2.24) is 0 Å². The Morgan fingerprint density at radius 1 is 1.16 bits per heavy atom. The Hall–Kier alpha value is -1.33. The third-order valence-corrected chi connectivity index (χ3v) is 3.54. The van der Waals surface area contributed by atoms with Crippen molar-refractivity contribution in [2.45, 2.75) is 45.8 Å². The number of benzene rings is 1. The molecule has 0 aromatic heterocycles. The first-order valence-corrected chi connectivity index (χ1v) is 10.4. The summed E-state index contributed by atoms with van der Waals surface area (Å²) in [6.07, 6.45) is 2.77. The van der Waals surface area contributed by atoms with Gasteiger partial charge in [0.25, 0.3) is 0 Å². The molecule has 0 radical (unpaired) electrons. The van der Waals surface area contributed by atoms with E-state index in [9.17, 15) is 4.39 Å². The fourth-order valence-corrected chi connectivity index (χ4v) is 2.13. The van der Waals surface area contributed by atoms with Crippen LogP contribution in [0.1, 0.15) is 31.7 Å². The third-order valence-electron chi connectivity index (χ3n) is 2.66. The molecule has 2 heteroatoms. The van der Waals surface area contributed by atoms with Gasteiger partial charge in [0.2, 0.25) is 0 Å². The monoisotopic (exact) mass is 274 g/mol. The maximum Gasteiger partial charge on any atom is 0.141 e. The van der Waals surface area contributed by atoms with Crippen molar-refractivity contribution >= 4 is 13.9 Å². The van der Waals surface area contributed by atoms with Crippen LogP contribution in [0.15, 0.2) is 35.9 Å². The van der Waals surface area contributed by atoms with Crippen LogP contribution in [0.2, 0.25) is 19.6 Å². The molecule has 0 aliphatic carbocycles. The Kier molecular flexibility index (Phi) is 6.04. The summed E-state index contributed by atoms with van der Waals surface area (Å²) in [7, 11) is -1.47. The minimum Gasteiger partial charge on any atom is -0.205 e. The lowest BCUT2D eigenvalue weighted by atomic mass is 10.0. The molecular weight excluding hydrogens is 251 g/mol. The van der Waals surface area contributed by atoms with Gasteiger partial charge < -0.3 is 0 Å². The second kappa shape index (κ2) is 7.30. The van der Waals surface area contributed by atoms with Crippen molar-refractivity contribution in [3.8, 4) is 11.5 Å². The molecule has 102 valence electrons. The fourth-order valence-electron chi connectivity index (χ4n) is 1.60. The molecule has 0 bridgehead atoms. The molecule has 0 heterocycles. The number of unbranched alkanes of at least 4 members (excludes halogenated alkanes) is 1.